The second-order valence-corrected chi connectivity index (χ2v) is 3.65. The lowest BCUT2D eigenvalue weighted by Crippen LogP contribution is -2.09. The van der Waals surface area contributed by atoms with E-state index in [2.05, 4.69) is 4.98 Å². The van der Waals surface area contributed by atoms with E-state index in [0.717, 1.165) is 6.42 Å². The number of carbonyl (C=O) groups is 1. The molecule has 6 heteroatoms. The number of ether oxygens (including phenoxy) is 2. The summed E-state index contributed by atoms with van der Waals surface area (Å²) in [5, 5.41) is 8.89. The van der Waals surface area contributed by atoms with Crippen LogP contribution in [0.15, 0.2) is 12.1 Å². The zero-order chi connectivity index (χ0) is 12.7. The maximum atomic E-state index is 10.8. The van der Waals surface area contributed by atoms with E-state index in [-0.39, 0.29) is 16.6 Å². The molecule has 1 aromatic heterocycles. The SMILES string of the molecule is CCCOCCOc1ccc(Cl)c(C(=O)O)n1. The molecule has 17 heavy (non-hydrogen) atoms. The largest absolute Gasteiger partial charge is 0.476 e. The van der Waals surface area contributed by atoms with Gasteiger partial charge in [0.1, 0.15) is 6.61 Å². The second kappa shape index (κ2) is 7.09. The average Bonchev–Trinajstić information content (AvgIpc) is 2.30. The number of rotatable bonds is 7. The van der Waals surface area contributed by atoms with E-state index in [1.165, 1.54) is 12.1 Å². The number of aromatic carboxylic acids is 1. The summed E-state index contributed by atoms with van der Waals surface area (Å²) in [6, 6.07) is 2.97. The molecule has 0 saturated heterocycles. The van der Waals surface area contributed by atoms with Crippen molar-refractivity contribution in [3.63, 3.8) is 0 Å². The number of carboxylic acids is 1. The second-order valence-electron chi connectivity index (χ2n) is 3.25. The van der Waals surface area contributed by atoms with E-state index in [9.17, 15) is 4.79 Å². The molecular weight excluding hydrogens is 246 g/mol. The third kappa shape index (κ3) is 4.58. The normalized spacial score (nSPS) is 10.2. The zero-order valence-corrected chi connectivity index (χ0v) is 10.2. The first-order valence-corrected chi connectivity index (χ1v) is 5.63. The minimum atomic E-state index is -1.18. The van der Waals surface area contributed by atoms with Crippen molar-refractivity contribution in [3.8, 4) is 5.88 Å². The van der Waals surface area contributed by atoms with Crippen molar-refractivity contribution in [3.05, 3.63) is 22.8 Å². The Morgan fingerprint density at radius 3 is 2.82 bits per heavy atom. The van der Waals surface area contributed by atoms with Crippen LogP contribution in [-0.2, 0) is 4.74 Å². The smallest absolute Gasteiger partial charge is 0.356 e. The summed E-state index contributed by atoms with van der Waals surface area (Å²) in [5.41, 5.74) is -0.210. The lowest BCUT2D eigenvalue weighted by molar-refractivity contribution is 0.0688. The maximum Gasteiger partial charge on any atom is 0.356 e. The van der Waals surface area contributed by atoms with Gasteiger partial charge in [-0.1, -0.05) is 18.5 Å². The first-order chi connectivity index (χ1) is 8.15. The van der Waals surface area contributed by atoms with Crippen LogP contribution in [0.3, 0.4) is 0 Å². The highest BCUT2D eigenvalue weighted by atomic mass is 35.5. The molecule has 0 amide bonds. The first-order valence-electron chi connectivity index (χ1n) is 5.25. The fraction of sp³-hybridized carbons (Fsp3) is 0.455. The van der Waals surface area contributed by atoms with Crippen LogP contribution in [-0.4, -0.2) is 35.9 Å². The minimum absolute atomic E-state index is 0.0899. The maximum absolute atomic E-state index is 10.8. The van der Waals surface area contributed by atoms with Crippen molar-refractivity contribution in [1.82, 2.24) is 4.98 Å². The Balaban J connectivity index is 2.49. The van der Waals surface area contributed by atoms with E-state index in [4.69, 9.17) is 26.2 Å². The number of hydrogen-bond donors (Lipinski definition) is 1. The van der Waals surface area contributed by atoms with E-state index >= 15 is 0 Å². The van der Waals surface area contributed by atoms with E-state index in [0.29, 0.717) is 19.8 Å². The lowest BCUT2D eigenvalue weighted by Gasteiger charge is -2.06. The number of pyridine rings is 1. The molecule has 0 aliphatic carbocycles. The van der Waals surface area contributed by atoms with Crippen molar-refractivity contribution in [2.45, 2.75) is 13.3 Å². The van der Waals surface area contributed by atoms with Gasteiger partial charge in [0.15, 0.2) is 5.69 Å². The Bertz CT molecular complexity index is 384. The predicted molar refractivity (Wildman–Crippen MR) is 62.8 cm³/mol. The van der Waals surface area contributed by atoms with Crippen LogP contribution in [0.25, 0.3) is 0 Å². The standard InChI is InChI=1S/C11H14ClNO4/c1-2-5-16-6-7-17-9-4-3-8(12)10(13-9)11(14)15/h3-4H,2,5-7H2,1H3,(H,14,15). The molecule has 0 unspecified atom stereocenters. The van der Waals surface area contributed by atoms with Crippen molar-refractivity contribution >= 4 is 17.6 Å². The molecule has 0 saturated carbocycles. The molecule has 0 aliphatic heterocycles. The monoisotopic (exact) mass is 259 g/mol. The number of halogens is 1. The van der Waals surface area contributed by atoms with Gasteiger partial charge in [0.25, 0.3) is 0 Å². The Kier molecular flexibility index (Phi) is 5.72. The van der Waals surface area contributed by atoms with Gasteiger partial charge in [0.05, 0.1) is 11.6 Å². The summed E-state index contributed by atoms with van der Waals surface area (Å²) in [5.74, 6) is -0.949. The molecule has 5 nitrogen and oxygen atoms in total. The molecular formula is C11H14ClNO4. The molecule has 1 N–H and O–H groups in total. The van der Waals surface area contributed by atoms with E-state index in [1.807, 2.05) is 6.92 Å². The fourth-order valence-corrected chi connectivity index (χ4v) is 1.29. The number of hydrogen-bond acceptors (Lipinski definition) is 4. The van der Waals surface area contributed by atoms with Crippen LogP contribution in [0.2, 0.25) is 5.02 Å². The fourth-order valence-electron chi connectivity index (χ4n) is 1.11. The quantitative estimate of drug-likeness (QED) is 0.761. The molecule has 0 bridgehead atoms. The highest BCUT2D eigenvalue weighted by Crippen LogP contribution is 2.17. The zero-order valence-electron chi connectivity index (χ0n) is 9.48. The van der Waals surface area contributed by atoms with Gasteiger partial charge >= 0.3 is 5.97 Å². The minimum Gasteiger partial charge on any atom is -0.476 e. The van der Waals surface area contributed by atoms with Crippen LogP contribution in [0.5, 0.6) is 5.88 Å². The van der Waals surface area contributed by atoms with Crippen molar-refractivity contribution in [2.75, 3.05) is 19.8 Å². The highest BCUT2D eigenvalue weighted by molar-refractivity contribution is 6.33. The van der Waals surface area contributed by atoms with Gasteiger partial charge in [-0.25, -0.2) is 9.78 Å². The van der Waals surface area contributed by atoms with Crippen LogP contribution < -0.4 is 4.74 Å². The summed E-state index contributed by atoms with van der Waals surface area (Å²) in [6.45, 7) is 3.47. The van der Waals surface area contributed by atoms with Gasteiger partial charge < -0.3 is 14.6 Å². The molecule has 0 atom stereocenters. The van der Waals surface area contributed by atoms with Gasteiger partial charge in [-0.3, -0.25) is 0 Å². The Morgan fingerprint density at radius 1 is 1.41 bits per heavy atom. The van der Waals surface area contributed by atoms with E-state index in [1.54, 1.807) is 0 Å². The molecule has 0 fully saturated rings. The van der Waals surface area contributed by atoms with Crippen molar-refractivity contribution in [1.29, 1.82) is 0 Å². The molecule has 0 radical (unpaired) electrons. The van der Waals surface area contributed by atoms with Crippen molar-refractivity contribution < 1.29 is 19.4 Å². The number of nitrogens with zero attached hydrogens (tertiary/aromatic N) is 1. The Hall–Kier alpha value is -1.33. The first kappa shape index (κ1) is 13.7. The van der Waals surface area contributed by atoms with Crippen LogP contribution in [0.4, 0.5) is 0 Å². The Morgan fingerprint density at radius 2 is 2.18 bits per heavy atom. The van der Waals surface area contributed by atoms with Crippen LogP contribution >= 0.6 is 11.6 Å². The highest BCUT2D eigenvalue weighted by Gasteiger charge is 2.11. The Labute approximate surface area is 104 Å². The average molecular weight is 260 g/mol. The summed E-state index contributed by atoms with van der Waals surface area (Å²) in [6.07, 6.45) is 0.947. The lowest BCUT2D eigenvalue weighted by atomic mass is 10.3. The number of carboxylic acid groups (broad SMARTS) is 1. The molecule has 0 aliphatic rings. The van der Waals surface area contributed by atoms with Gasteiger partial charge in [-0.15, -0.1) is 0 Å². The summed E-state index contributed by atoms with van der Waals surface area (Å²) < 4.78 is 10.5. The number of aromatic nitrogens is 1. The van der Waals surface area contributed by atoms with Crippen molar-refractivity contribution in [2.24, 2.45) is 0 Å². The predicted octanol–water partition coefficient (Wildman–Crippen LogP) is 2.24. The van der Waals surface area contributed by atoms with E-state index < -0.39 is 5.97 Å². The molecule has 1 aromatic rings. The molecule has 1 heterocycles. The van der Waals surface area contributed by atoms with Crippen LogP contribution in [0, 0.1) is 0 Å². The third-order valence-corrected chi connectivity index (χ3v) is 2.15. The third-order valence-electron chi connectivity index (χ3n) is 1.85. The van der Waals surface area contributed by atoms with Crippen LogP contribution in [0.1, 0.15) is 23.8 Å². The van der Waals surface area contributed by atoms with Gasteiger partial charge in [-0.05, 0) is 12.5 Å². The van der Waals surface area contributed by atoms with Gasteiger partial charge in [-0.2, -0.15) is 0 Å². The van der Waals surface area contributed by atoms with Gasteiger partial charge in [0, 0.05) is 12.7 Å². The molecule has 1 rings (SSSR count). The molecule has 0 aromatic carbocycles. The summed E-state index contributed by atoms with van der Waals surface area (Å²) in [4.78, 5) is 14.5. The summed E-state index contributed by atoms with van der Waals surface area (Å²) >= 11 is 5.67. The summed E-state index contributed by atoms with van der Waals surface area (Å²) in [7, 11) is 0. The topological polar surface area (TPSA) is 68.7 Å². The molecule has 0 spiro atoms. The molecule has 94 valence electrons. The van der Waals surface area contributed by atoms with Gasteiger partial charge in [0.2, 0.25) is 5.88 Å².